The van der Waals surface area contributed by atoms with Gasteiger partial charge >= 0.3 is 0 Å². The van der Waals surface area contributed by atoms with Crippen molar-refractivity contribution in [3.05, 3.63) is 52.7 Å². The second kappa shape index (κ2) is 5.52. The molecule has 0 fully saturated rings. The number of carbonyl (C=O) groups is 2. The van der Waals surface area contributed by atoms with Crippen molar-refractivity contribution in [1.82, 2.24) is 10.3 Å². The van der Waals surface area contributed by atoms with E-state index in [0.717, 1.165) is 18.4 Å². The van der Waals surface area contributed by atoms with Crippen LogP contribution in [0.15, 0.2) is 28.9 Å². The fraction of sp³-hybridized carbons (Fsp3) is 0.312. The van der Waals surface area contributed by atoms with E-state index in [2.05, 4.69) is 10.3 Å². The number of carbonyl (C=O) groups excluding carboxylic acids is 2. The van der Waals surface area contributed by atoms with Crippen LogP contribution in [0.4, 0.5) is 0 Å². The lowest BCUT2D eigenvalue weighted by molar-refractivity contribution is 0.0917. The van der Waals surface area contributed by atoms with Gasteiger partial charge in [0.1, 0.15) is 5.76 Å². The van der Waals surface area contributed by atoms with E-state index in [1.807, 2.05) is 12.1 Å². The van der Waals surface area contributed by atoms with Crippen LogP contribution in [0.25, 0.3) is 0 Å². The molecule has 0 spiro atoms. The molecule has 0 aromatic carbocycles. The van der Waals surface area contributed by atoms with Gasteiger partial charge in [-0.3, -0.25) is 14.6 Å². The maximum atomic E-state index is 12.2. The molecule has 2 aromatic rings. The lowest BCUT2D eigenvalue weighted by atomic mass is 9.94. The molecule has 0 unspecified atom stereocenters. The highest BCUT2D eigenvalue weighted by atomic mass is 16.4. The van der Waals surface area contributed by atoms with Gasteiger partial charge in [-0.25, -0.2) is 0 Å². The van der Waals surface area contributed by atoms with Gasteiger partial charge < -0.3 is 9.73 Å². The molecule has 2 aromatic heterocycles. The average molecular weight is 284 g/mol. The van der Waals surface area contributed by atoms with Gasteiger partial charge in [0.05, 0.1) is 5.56 Å². The third kappa shape index (κ3) is 2.59. The molecule has 0 radical (unpaired) electrons. The van der Waals surface area contributed by atoms with Gasteiger partial charge in [0.2, 0.25) is 0 Å². The van der Waals surface area contributed by atoms with Crippen LogP contribution >= 0.6 is 0 Å². The molecule has 1 N–H and O–H groups in total. The van der Waals surface area contributed by atoms with E-state index in [9.17, 15) is 9.59 Å². The minimum Gasteiger partial charge on any atom is -0.455 e. The van der Waals surface area contributed by atoms with E-state index in [4.69, 9.17) is 4.42 Å². The summed E-state index contributed by atoms with van der Waals surface area (Å²) < 4.78 is 5.61. The fourth-order valence-electron chi connectivity index (χ4n) is 2.63. The van der Waals surface area contributed by atoms with E-state index < -0.39 is 0 Å². The molecule has 108 valence electrons. The second-order valence-electron chi connectivity index (χ2n) is 5.18. The normalized spacial score (nSPS) is 13.9. The van der Waals surface area contributed by atoms with E-state index in [1.54, 1.807) is 19.3 Å². The lowest BCUT2D eigenvalue weighted by Gasteiger charge is -2.07. The van der Waals surface area contributed by atoms with Crippen LogP contribution in [0.1, 0.15) is 50.6 Å². The van der Waals surface area contributed by atoms with Gasteiger partial charge in [-0.1, -0.05) is 6.07 Å². The van der Waals surface area contributed by atoms with Crippen LogP contribution in [-0.2, 0) is 13.0 Å². The molecule has 3 rings (SSSR count). The Hall–Kier alpha value is -2.43. The molecular weight excluding hydrogens is 268 g/mol. The summed E-state index contributed by atoms with van der Waals surface area (Å²) in [5, 5.41) is 2.80. The molecule has 5 heteroatoms. The highest BCUT2D eigenvalue weighted by Gasteiger charge is 2.28. The Morgan fingerprint density at radius 2 is 2.29 bits per heavy atom. The monoisotopic (exact) mass is 284 g/mol. The van der Waals surface area contributed by atoms with Crippen molar-refractivity contribution >= 4 is 11.7 Å². The zero-order chi connectivity index (χ0) is 14.8. The largest absolute Gasteiger partial charge is 0.455 e. The second-order valence-corrected chi connectivity index (χ2v) is 5.18. The molecule has 5 nitrogen and oxygen atoms in total. The SMILES string of the molecule is Cc1c(C(=O)NCc2cccnc2)oc2c1C(=O)CCC2. The Balaban J connectivity index is 1.78. The molecule has 0 aliphatic heterocycles. The predicted molar refractivity (Wildman–Crippen MR) is 76.1 cm³/mol. The van der Waals surface area contributed by atoms with Crippen LogP contribution in [0, 0.1) is 6.92 Å². The van der Waals surface area contributed by atoms with Crippen molar-refractivity contribution in [2.45, 2.75) is 32.7 Å². The lowest BCUT2D eigenvalue weighted by Crippen LogP contribution is -2.23. The number of hydrogen-bond donors (Lipinski definition) is 1. The number of furan rings is 1. The molecule has 21 heavy (non-hydrogen) atoms. The Morgan fingerprint density at radius 1 is 1.43 bits per heavy atom. The number of rotatable bonds is 3. The number of pyridine rings is 1. The quantitative estimate of drug-likeness (QED) is 0.939. The molecule has 0 saturated carbocycles. The van der Waals surface area contributed by atoms with Gasteiger partial charge in [-0.2, -0.15) is 0 Å². The van der Waals surface area contributed by atoms with Crippen molar-refractivity contribution in [3.63, 3.8) is 0 Å². The van der Waals surface area contributed by atoms with Crippen LogP contribution in [0.5, 0.6) is 0 Å². The first-order valence-electron chi connectivity index (χ1n) is 6.99. The molecular formula is C16H16N2O3. The number of nitrogens with zero attached hydrogens (tertiary/aromatic N) is 1. The van der Waals surface area contributed by atoms with Crippen LogP contribution in [-0.4, -0.2) is 16.7 Å². The first kappa shape index (κ1) is 13.5. The van der Waals surface area contributed by atoms with E-state index in [1.165, 1.54) is 0 Å². The summed E-state index contributed by atoms with van der Waals surface area (Å²) >= 11 is 0. The highest BCUT2D eigenvalue weighted by molar-refractivity contribution is 6.03. The van der Waals surface area contributed by atoms with Crippen LogP contribution < -0.4 is 5.32 Å². The molecule has 0 bridgehead atoms. The topological polar surface area (TPSA) is 72.2 Å². The summed E-state index contributed by atoms with van der Waals surface area (Å²) in [5.41, 5.74) is 2.17. The van der Waals surface area contributed by atoms with E-state index in [0.29, 0.717) is 29.9 Å². The fourth-order valence-corrected chi connectivity index (χ4v) is 2.63. The first-order chi connectivity index (χ1) is 10.2. The van der Waals surface area contributed by atoms with Crippen molar-refractivity contribution in [2.75, 3.05) is 0 Å². The number of aromatic nitrogens is 1. The number of amides is 1. The third-order valence-electron chi connectivity index (χ3n) is 3.69. The number of Topliss-reactive ketones (excluding diaryl/α,β-unsaturated/α-hetero) is 1. The van der Waals surface area contributed by atoms with Crippen LogP contribution in [0.2, 0.25) is 0 Å². The van der Waals surface area contributed by atoms with Crippen LogP contribution in [0.3, 0.4) is 0 Å². The standard InChI is InChI=1S/C16H16N2O3/c1-10-14-12(19)5-2-6-13(14)21-15(10)16(20)18-9-11-4-3-7-17-8-11/h3-4,7-8H,2,5-6,9H2,1H3,(H,18,20). The summed E-state index contributed by atoms with van der Waals surface area (Å²) in [5.74, 6) is 0.678. The molecule has 1 amide bonds. The van der Waals surface area contributed by atoms with Gasteiger partial charge in [0.25, 0.3) is 5.91 Å². The molecule has 0 atom stereocenters. The number of ketones is 1. The van der Waals surface area contributed by atoms with Crippen molar-refractivity contribution in [3.8, 4) is 0 Å². The van der Waals surface area contributed by atoms with Gasteiger partial charge in [0, 0.05) is 37.3 Å². The number of nitrogens with one attached hydrogen (secondary N) is 1. The third-order valence-corrected chi connectivity index (χ3v) is 3.69. The molecule has 1 aliphatic carbocycles. The Kier molecular flexibility index (Phi) is 3.56. The highest BCUT2D eigenvalue weighted by Crippen LogP contribution is 2.29. The summed E-state index contributed by atoms with van der Waals surface area (Å²) in [4.78, 5) is 28.1. The minimum absolute atomic E-state index is 0.0730. The molecule has 1 aliphatic rings. The van der Waals surface area contributed by atoms with Gasteiger partial charge in [-0.15, -0.1) is 0 Å². The average Bonchev–Trinajstić information content (AvgIpc) is 2.84. The van der Waals surface area contributed by atoms with E-state index in [-0.39, 0.29) is 17.5 Å². The zero-order valence-corrected chi connectivity index (χ0v) is 11.8. The first-order valence-corrected chi connectivity index (χ1v) is 6.99. The Bertz CT molecular complexity index is 689. The van der Waals surface area contributed by atoms with E-state index >= 15 is 0 Å². The molecule has 2 heterocycles. The smallest absolute Gasteiger partial charge is 0.287 e. The Labute approximate surface area is 122 Å². The van der Waals surface area contributed by atoms with Gasteiger partial charge in [-0.05, 0) is 25.0 Å². The predicted octanol–water partition coefficient (Wildman–Crippen LogP) is 2.43. The maximum Gasteiger partial charge on any atom is 0.287 e. The maximum absolute atomic E-state index is 12.2. The minimum atomic E-state index is -0.293. The summed E-state index contributed by atoms with van der Waals surface area (Å²) in [6.45, 7) is 2.15. The van der Waals surface area contributed by atoms with Gasteiger partial charge in [0.15, 0.2) is 11.5 Å². The summed E-state index contributed by atoms with van der Waals surface area (Å²) in [6, 6.07) is 3.70. The summed E-state index contributed by atoms with van der Waals surface area (Å²) in [6.07, 6.45) is 5.42. The van der Waals surface area contributed by atoms with Crippen molar-refractivity contribution in [2.24, 2.45) is 0 Å². The molecule has 0 saturated heterocycles. The number of aryl methyl sites for hydroxylation is 1. The summed E-state index contributed by atoms with van der Waals surface area (Å²) in [7, 11) is 0. The van der Waals surface area contributed by atoms with Crippen molar-refractivity contribution < 1.29 is 14.0 Å². The number of fused-ring (bicyclic) bond motifs is 1. The number of hydrogen-bond acceptors (Lipinski definition) is 4. The Morgan fingerprint density at radius 3 is 3.00 bits per heavy atom. The zero-order valence-electron chi connectivity index (χ0n) is 11.8. The van der Waals surface area contributed by atoms with Crippen molar-refractivity contribution in [1.29, 1.82) is 0 Å².